The van der Waals surface area contributed by atoms with Crippen LogP contribution in [0.15, 0.2) is 33.5 Å². The van der Waals surface area contributed by atoms with Crippen LogP contribution < -0.4 is 10.2 Å². The Bertz CT molecular complexity index is 1390. The number of phenolic OH excluding ortho intramolecular Hbond substituents is 5. The smallest absolute Gasteiger partial charge is 0.302 e. The predicted molar refractivity (Wildman–Crippen MR) is 120 cm³/mol. The Balaban J connectivity index is 1.87. The van der Waals surface area contributed by atoms with E-state index in [2.05, 4.69) is 0 Å². The van der Waals surface area contributed by atoms with E-state index >= 15 is 0 Å². The molecule has 1 fully saturated rings. The molecule has 0 amide bonds. The molecule has 37 heavy (non-hydrogen) atoms. The highest BCUT2D eigenvalue weighted by atomic mass is 16.7. The van der Waals surface area contributed by atoms with Crippen LogP contribution in [0, 0.1) is 0 Å². The summed E-state index contributed by atoms with van der Waals surface area (Å²) in [5, 5.41) is 80.1. The van der Waals surface area contributed by atoms with Crippen LogP contribution in [0.4, 0.5) is 0 Å². The van der Waals surface area contributed by atoms with Crippen LogP contribution in [0.25, 0.3) is 22.3 Å². The maximum atomic E-state index is 13.4. The van der Waals surface area contributed by atoms with Crippen LogP contribution in [-0.4, -0.2) is 84.1 Å². The Kier molecular flexibility index (Phi) is 6.75. The average Bonchev–Trinajstić information content (AvgIpc) is 2.82. The van der Waals surface area contributed by atoms with Crippen molar-refractivity contribution >= 4 is 16.9 Å². The second kappa shape index (κ2) is 9.67. The van der Waals surface area contributed by atoms with Crippen molar-refractivity contribution in [1.29, 1.82) is 0 Å². The lowest BCUT2D eigenvalue weighted by Gasteiger charge is -2.39. The summed E-state index contributed by atoms with van der Waals surface area (Å²) in [6.07, 6.45) is -8.78. The minimum atomic E-state index is -1.94. The molecule has 0 spiro atoms. The lowest BCUT2D eigenvalue weighted by Crippen LogP contribution is -2.60. The zero-order valence-electron chi connectivity index (χ0n) is 18.9. The summed E-state index contributed by atoms with van der Waals surface area (Å²) in [4.78, 5) is 24.6. The quantitative estimate of drug-likeness (QED) is 0.159. The first-order chi connectivity index (χ1) is 17.4. The Morgan fingerprint density at radius 2 is 1.57 bits per heavy atom. The average molecular weight is 522 g/mol. The molecular weight excluding hydrogens is 500 g/mol. The van der Waals surface area contributed by atoms with E-state index in [1.165, 1.54) is 0 Å². The standard InChI is InChI=1S/C23H22O14/c1-7(24)34-6-14-17(30)19(32)20(33)23(36-14)37-22-18(31)15-10(26)4-9(25)5-13(15)35-21(22)8-2-11(27)16(29)12(28)3-8/h2-5,14,17,19-20,23,25-30,32-33H,6H2,1H3. The molecular formula is C23H22O14. The third-order valence-electron chi connectivity index (χ3n) is 5.60. The minimum Gasteiger partial charge on any atom is -0.508 e. The molecule has 8 N–H and O–H groups in total. The number of carbonyl (C=O) groups is 1. The van der Waals surface area contributed by atoms with Crippen molar-refractivity contribution in [1.82, 2.24) is 0 Å². The molecule has 5 atom stereocenters. The minimum absolute atomic E-state index is 0.230. The summed E-state index contributed by atoms with van der Waals surface area (Å²) in [6.45, 7) is 0.548. The van der Waals surface area contributed by atoms with Gasteiger partial charge in [-0.3, -0.25) is 9.59 Å². The van der Waals surface area contributed by atoms with Gasteiger partial charge < -0.3 is 59.5 Å². The molecule has 5 unspecified atom stereocenters. The van der Waals surface area contributed by atoms with Crippen LogP contribution in [0.2, 0.25) is 0 Å². The van der Waals surface area contributed by atoms with E-state index in [0.717, 1.165) is 31.2 Å². The van der Waals surface area contributed by atoms with Crippen molar-refractivity contribution in [3.05, 3.63) is 34.5 Å². The van der Waals surface area contributed by atoms with Gasteiger partial charge in [-0.25, -0.2) is 0 Å². The van der Waals surface area contributed by atoms with Crippen molar-refractivity contribution < 1.29 is 64.3 Å². The molecule has 0 bridgehead atoms. The first-order valence-electron chi connectivity index (χ1n) is 10.7. The van der Waals surface area contributed by atoms with Crippen LogP contribution in [0.3, 0.4) is 0 Å². The van der Waals surface area contributed by atoms with E-state index in [0.29, 0.717) is 0 Å². The lowest BCUT2D eigenvalue weighted by molar-refractivity contribution is -0.278. The number of aliphatic hydroxyl groups is 3. The van der Waals surface area contributed by atoms with E-state index in [9.17, 15) is 50.4 Å². The first-order valence-corrected chi connectivity index (χ1v) is 10.7. The summed E-state index contributed by atoms with van der Waals surface area (Å²) in [5.41, 5.74) is -1.63. The number of ether oxygens (including phenoxy) is 3. The van der Waals surface area contributed by atoms with E-state index in [1.807, 2.05) is 0 Å². The van der Waals surface area contributed by atoms with Gasteiger partial charge in [-0.2, -0.15) is 0 Å². The molecule has 2 heterocycles. The summed E-state index contributed by atoms with van der Waals surface area (Å²) in [6, 6.07) is 3.64. The van der Waals surface area contributed by atoms with Crippen LogP contribution in [0.1, 0.15) is 6.92 Å². The van der Waals surface area contributed by atoms with E-state index in [-0.39, 0.29) is 11.1 Å². The molecule has 198 valence electrons. The molecule has 0 radical (unpaired) electrons. The number of benzene rings is 2. The maximum absolute atomic E-state index is 13.4. The third kappa shape index (κ3) is 4.77. The summed E-state index contributed by atoms with van der Waals surface area (Å²) in [7, 11) is 0. The molecule has 0 aliphatic carbocycles. The first kappa shape index (κ1) is 25.8. The topological polar surface area (TPSA) is 237 Å². The van der Waals surface area contributed by atoms with E-state index < -0.39 is 94.4 Å². The zero-order valence-corrected chi connectivity index (χ0v) is 18.9. The fourth-order valence-electron chi connectivity index (χ4n) is 3.77. The summed E-state index contributed by atoms with van der Waals surface area (Å²) in [5.74, 6) is -5.66. The Morgan fingerprint density at radius 1 is 0.919 bits per heavy atom. The number of esters is 1. The molecule has 14 nitrogen and oxygen atoms in total. The number of aromatic hydroxyl groups is 5. The number of aliphatic hydroxyl groups excluding tert-OH is 3. The molecule has 1 saturated heterocycles. The molecule has 0 saturated carbocycles. The highest BCUT2D eigenvalue weighted by Gasteiger charge is 2.46. The lowest BCUT2D eigenvalue weighted by atomic mass is 9.99. The molecule has 2 aromatic carbocycles. The van der Waals surface area contributed by atoms with Crippen LogP contribution in [-0.2, 0) is 14.3 Å². The van der Waals surface area contributed by atoms with Gasteiger partial charge in [0.2, 0.25) is 17.5 Å². The molecule has 1 aromatic heterocycles. The van der Waals surface area contributed by atoms with Gasteiger partial charge in [0.05, 0.1) is 0 Å². The van der Waals surface area contributed by atoms with Crippen molar-refractivity contribution in [3.63, 3.8) is 0 Å². The fraction of sp³-hybridized carbons (Fsp3) is 0.304. The Hall–Kier alpha value is -4.24. The van der Waals surface area contributed by atoms with Gasteiger partial charge in [-0.15, -0.1) is 0 Å². The van der Waals surface area contributed by atoms with Gasteiger partial charge >= 0.3 is 5.97 Å². The second-order valence-electron chi connectivity index (χ2n) is 8.23. The van der Waals surface area contributed by atoms with Crippen LogP contribution in [0.5, 0.6) is 34.5 Å². The highest BCUT2D eigenvalue weighted by Crippen LogP contribution is 2.43. The second-order valence-corrected chi connectivity index (χ2v) is 8.23. The highest BCUT2D eigenvalue weighted by molar-refractivity contribution is 5.88. The van der Waals surface area contributed by atoms with Crippen molar-refractivity contribution in [2.45, 2.75) is 37.6 Å². The number of rotatable bonds is 5. The Morgan fingerprint density at radius 3 is 2.19 bits per heavy atom. The van der Waals surface area contributed by atoms with Crippen molar-refractivity contribution in [2.24, 2.45) is 0 Å². The largest absolute Gasteiger partial charge is 0.508 e. The molecule has 14 heteroatoms. The molecule has 4 rings (SSSR count). The summed E-state index contributed by atoms with van der Waals surface area (Å²) >= 11 is 0. The fourth-order valence-corrected chi connectivity index (χ4v) is 3.77. The molecule has 1 aliphatic heterocycles. The van der Waals surface area contributed by atoms with Gasteiger partial charge in [-0.05, 0) is 12.1 Å². The maximum Gasteiger partial charge on any atom is 0.302 e. The SMILES string of the molecule is CC(=O)OCC1OC(Oc2c(-c3cc(O)c(O)c(O)c3)oc3cc(O)cc(O)c3c2=O)C(O)C(O)C1O. The predicted octanol–water partition coefficient (Wildman–Crippen LogP) is -0.263. The zero-order chi connectivity index (χ0) is 27.2. The third-order valence-corrected chi connectivity index (χ3v) is 5.60. The van der Waals surface area contributed by atoms with Gasteiger partial charge in [0.1, 0.15) is 53.5 Å². The van der Waals surface area contributed by atoms with Gasteiger partial charge in [0, 0.05) is 24.6 Å². The van der Waals surface area contributed by atoms with Gasteiger partial charge in [0.15, 0.2) is 23.0 Å². The Labute approximate surface area is 206 Å². The van der Waals surface area contributed by atoms with Gasteiger partial charge in [-0.1, -0.05) is 0 Å². The van der Waals surface area contributed by atoms with Crippen molar-refractivity contribution in [2.75, 3.05) is 6.61 Å². The normalized spacial score (nSPS) is 23.6. The van der Waals surface area contributed by atoms with E-state index in [4.69, 9.17) is 18.6 Å². The van der Waals surface area contributed by atoms with Crippen LogP contribution >= 0.6 is 0 Å². The van der Waals surface area contributed by atoms with E-state index in [1.54, 1.807) is 0 Å². The number of hydrogen-bond donors (Lipinski definition) is 8. The molecule has 3 aromatic rings. The number of fused-ring (bicyclic) bond motifs is 1. The number of hydrogen-bond acceptors (Lipinski definition) is 14. The monoisotopic (exact) mass is 522 g/mol. The van der Waals surface area contributed by atoms with Crippen molar-refractivity contribution in [3.8, 4) is 45.8 Å². The molecule has 1 aliphatic rings. The summed E-state index contributed by atoms with van der Waals surface area (Å²) < 4.78 is 21.4. The van der Waals surface area contributed by atoms with Gasteiger partial charge in [0.25, 0.3) is 0 Å². The number of phenols is 5. The number of carbonyl (C=O) groups excluding carboxylic acids is 1.